The minimum atomic E-state index is -0.194. The van der Waals surface area contributed by atoms with E-state index in [0.29, 0.717) is 11.5 Å². The molecule has 4 rings (SSSR count). The molecule has 4 aromatic rings. The molecule has 0 aliphatic rings. The van der Waals surface area contributed by atoms with Gasteiger partial charge in [-0.2, -0.15) is 0 Å². The summed E-state index contributed by atoms with van der Waals surface area (Å²) in [6.45, 7) is 3.97. The number of carbonyl (C=O) groups excluding carboxylic acids is 1. The highest BCUT2D eigenvalue weighted by Gasteiger charge is 2.16. The van der Waals surface area contributed by atoms with E-state index in [2.05, 4.69) is 34.3 Å². The van der Waals surface area contributed by atoms with E-state index in [-0.39, 0.29) is 5.91 Å². The third-order valence-electron chi connectivity index (χ3n) is 4.03. The molecule has 124 valence electrons. The first kappa shape index (κ1) is 15.5. The standard InChI is InChI=1S/C19H16N4OS/c1-12-5-7-14(8-6-12)15-10-23-16(11-25-19(23)21-15)18(24)22-17-13(2)4-3-9-20-17/h3-11H,1-2H3,(H,20,22,24). The highest BCUT2D eigenvalue weighted by Crippen LogP contribution is 2.24. The summed E-state index contributed by atoms with van der Waals surface area (Å²) in [5, 5.41) is 4.68. The molecule has 0 spiro atoms. The molecule has 0 radical (unpaired) electrons. The Labute approximate surface area is 149 Å². The summed E-state index contributed by atoms with van der Waals surface area (Å²) in [6.07, 6.45) is 3.56. The van der Waals surface area contributed by atoms with Gasteiger partial charge in [0.15, 0.2) is 4.96 Å². The number of fused-ring (bicyclic) bond motifs is 1. The van der Waals surface area contributed by atoms with Crippen LogP contribution in [0.3, 0.4) is 0 Å². The number of benzene rings is 1. The number of imidazole rings is 1. The van der Waals surface area contributed by atoms with Gasteiger partial charge in [-0.25, -0.2) is 9.97 Å². The number of rotatable bonds is 3. The summed E-state index contributed by atoms with van der Waals surface area (Å²) >= 11 is 1.45. The molecule has 0 aliphatic heterocycles. The maximum absolute atomic E-state index is 12.6. The van der Waals surface area contributed by atoms with Gasteiger partial charge in [0, 0.05) is 23.3 Å². The highest BCUT2D eigenvalue weighted by atomic mass is 32.1. The number of nitrogens with one attached hydrogen (secondary N) is 1. The van der Waals surface area contributed by atoms with Crippen molar-refractivity contribution in [2.24, 2.45) is 0 Å². The molecule has 25 heavy (non-hydrogen) atoms. The van der Waals surface area contributed by atoms with Gasteiger partial charge in [0.1, 0.15) is 11.5 Å². The number of nitrogens with zero attached hydrogens (tertiary/aromatic N) is 3. The van der Waals surface area contributed by atoms with E-state index in [1.807, 2.05) is 47.2 Å². The number of anilines is 1. The molecular weight excluding hydrogens is 332 g/mol. The van der Waals surface area contributed by atoms with Crippen LogP contribution in [0.25, 0.3) is 16.2 Å². The van der Waals surface area contributed by atoms with E-state index in [1.165, 1.54) is 16.9 Å². The Balaban J connectivity index is 1.67. The first-order valence-electron chi connectivity index (χ1n) is 7.88. The number of carbonyl (C=O) groups is 1. The second-order valence-corrected chi connectivity index (χ2v) is 6.73. The lowest BCUT2D eigenvalue weighted by Crippen LogP contribution is -2.15. The lowest BCUT2D eigenvalue weighted by atomic mass is 10.1. The van der Waals surface area contributed by atoms with Gasteiger partial charge in [-0.1, -0.05) is 35.9 Å². The predicted molar refractivity (Wildman–Crippen MR) is 100 cm³/mol. The van der Waals surface area contributed by atoms with E-state index >= 15 is 0 Å². The van der Waals surface area contributed by atoms with Crippen molar-refractivity contribution in [2.45, 2.75) is 13.8 Å². The Morgan fingerprint density at radius 2 is 1.96 bits per heavy atom. The van der Waals surface area contributed by atoms with Crippen LogP contribution < -0.4 is 5.32 Å². The SMILES string of the molecule is Cc1ccc(-c2cn3c(C(=O)Nc4ncccc4C)csc3n2)cc1. The topological polar surface area (TPSA) is 59.3 Å². The van der Waals surface area contributed by atoms with Gasteiger partial charge in [0.2, 0.25) is 0 Å². The van der Waals surface area contributed by atoms with Crippen LogP contribution in [0.5, 0.6) is 0 Å². The largest absolute Gasteiger partial charge is 0.305 e. The number of thiazole rings is 1. The van der Waals surface area contributed by atoms with Crippen molar-refractivity contribution in [3.63, 3.8) is 0 Å². The van der Waals surface area contributed by atoms with Crippen LogP contribution in [0.4, 0.5) is 5.82 Å². The fourth-order valence-electron chi connectivity index (χ4n) is 2.60. The maximum Gasteiger partial charge on any atom is 0.274 e. The van der Waals surface area contributed by atoms with E-state index < -0.39 is 0 Å². The molecule has 1 amide bonds. The first-order chi connectivity index (χ1) is 12.1. The fourth-order valence-corrected chi connectivity index (χ4v) is 3.45. The molecule has 0 fully saturated rings. The number of aromatic nitrogens is 3. The molecule has 0 saturated heterocycles. The number of amides is 1. The molecule has 0 aliphatic carbocycles. The normalized spacial score (nSPS) is 11.0. The van der Waals surface area contributed by atoms with Crippen molar-refractivity contribution in [1.29, 1.82) is 0 Å². The highest BCUT2D eigenvalue weighted by molar-refractivity contribution is 7.15. The van der Waals surface area contributed by atoms with Gasteiger partial charge >= 0.3 is 0 Å². The molecule has 0 unspecified atom stereocenters. The zero-order valence-electron chi connectivity index (χ0n) is 13.9. The van der Waals surface area contributed by atoms with Gasteiger partial charge in [0.25, 0.3) is 5.91 Å². The van der Waals surface area contributed by atoms with Crippen LogP contribution >= 0.6 is 11.3 Å². The Kier molecular flexibility index (Phi) is 3.82. The van der Waals surface area contributed by atoms with Crippen LogP contribution in [0, 0.1) is 13.8 Å². The summed E-state index contributed by atoms with van der Waals surface area (Å²) in [7, 11) is 0. The van der Waals surface area contributed by atoms with Crippen LogP contribution in [0.1, 0.15) is 21.6 Å². The third kappa shape index (κ3) is 2.92. The smallest absolute Gasteiger partial charge is 0.274 e. The van der Waals surface area contributed by atoms with Crippen molar-refractivity contribution < 1.29 is 4.79 Å². The molecule has 0 atom stereocenters. The van der Waals surface area contributed by atoms with Crippen LogP contribution in [-0.4, -0.2) is 20.3 Å². The monoisotopic (exact) mass is 348 g/mol. The van der Waals surface area contributed by atoms with Gasteiger partial charge in [0.05, 0.1) is 5.69 Å². The summed E-state index contributed by atoms with van der Waals surface area (Å²) in [5.74, 6) is 0.381. The van der Waals surface area contributed by atoms with Crippen molar-refractivity contribution in [1.82, 2.24) is 14.4 Å². The average molecular weight is 348 g/mol. The predicted octanol–water partition coefficient (Wildman–Crippen LogP) is 4.33. The molecule has 1 N–H and O–H groups in total. The van der Waals surface area contributed by atoms with Gasteiger partial charge in [-0.3, -0.25) is 9.20 Å². The van der Waals surface area contributed by atoms with Gasteiger partial charge in [-0.15, -0.1) is 11.3 Å². The van der Waals surface area contributed by atoms with Crippen LogP contribution in [0.15, 0.2) is 54.2 Å². The summed E-state index contributed by atoms with van der Waals surface area (Å²) in [5.41, 5.74) is 4.57. The second kappa shape index (κ2) is 6.14. The van der Waals surface area contributed by atoms with E-state index in [9.17, 15) is 4.79 Å². The van der Waals surface area contributed by atoms with Crippen molar-refractivity contribution in [3.8, 4) is 11.3 Å². The Bertz CT molecular complexity index is 1060. The summed E-state index contributed by atoms with van der Waals surface area (Å²) < 4.78 is 1.83. The molecule has 1 aromatic carbocycles. The van der Waals surface area contributed by atoms with Gasteiger partial charge < -0.3 is 5.32 Å². The molecule has 6 heteroatoms. The van der Waals surface area contributed by atoms with Crippen LogP contribution in [0.2, 0.25) is 0 Å². The van der Waals surface area contributed by atoms with Crippen LogP contribution in [-0.2, 0) is 0 Å². The molecular formula is C19H16N4OS. The molecule has 0 bridgehead atoms. The minimum Gasteiger partial charge on any atom is -0.305 e. The van der Waals surface area contributed by atoms with Gasteiger partial charge in [-0.05, 0) is 25.5 Å². The molecule has 0 saturated carbocycles. The van der Waals surface area contributed by atoms with Crippen molar-refractivity contribution in [2.75, 3.05) is 5.32 Å². The fraction of sp³-hybridized carbons (Fsp3) is 0.105. The van der Waals surface area contributed by atoms with E-state index in [1.54, 1.807) is 6.20 Å². The third-order valence-corrected chi connectivity index (χ3v) is 4.87. The number of pyridine rings is 1. The Morgan fingerprint density at radius 3 is 2.72 bits per heavy atom. The number of hydrogen-bond donors (Lipinski definition) is 1. The first-order valence-corrected chi connectivity index (χ1v) is 8.76. The Morgan fingerprint density at radius 1 is 1.16 bits per heavy atom. The maximum atomic E-state index is 12.6. The Hall–Kier alpha value is -2.99. The number of hydrogen-bond acceptors (Lipinski definition) is 4. The molecule has 5 nitrogen and oxygen atoms in total. The van der Waals surface area contributed by atoms with E-state index in [4.69, 9.17) is 0 Å². The summed E-state index contributed by atoms with van der Waals surface area (Å²) in [4.78, 5) is 22.3. The lowest BCUT2D eigenvalue weighted by Gasteiger charge is -2.05. The summed E-state index contributed by atoms with van der Waals surface area (Å²) in [6, 6.07) is 12.0. The van der Waals surface area contributed by atoms with Crippen molar-refractivity contribution >= 4 is 28.0 Å². The number of aryl methyl sites for hydroxylation is 2. The second-order valence-electron chi connectivity index (χ2n) is 5.89. The zero-order valence-corrected chi connectivity index (χ0v) is 14.7. The van der Waals surface area contributed by atoms with Crippen molar-refractivity contribution in [3.05, 3.63) is 71.0 Å². The average Bonchev–Trinajstić information content (AvgIpc) is 3.18. The molecule has 3 heterocycles. The quantitative estimate of drug-likeness (QED) is 0.599. The molecule has 3 aromatic heterocycles. The zero-order chi connectivity index (χ0) is 17.4. The minimum absolute atomic E-state index is 0.194. The van der Waals surface area contributed by atoms with E-state index in [0.717, 1.165) is 21.8 Å². The lowest BCUT2D eigenvalue weighted by molar-refractivity contribution is 0.102.